The Morgan fingerprint density at radius 3 is 2.60 bits per heavy atom. The smallest absolute Gasteiger partial charge is 0.250 e. The lowest BCUT2D eigenvalue weighted by Crippen LogP contribution is -2.41. The van der Waals surface area contributed by atoms with Crippen LogP contribution in [-0.2, 0) is 21.3 Å². The molecule has 1 unspecified atom stereocenters. The number of thiophene rings is 1. The van der Waals surface area contributed by atoms with Gasteiger partial charge in [-0.05, 0) is 32.0 Å². The first kappa shape index (κ1) is 17.6. The number of nitrogens with one attached hydrogen (secondary N) is 2. The Hall–Kier alpha value is -0.470. The zero-order valence-corrected chi connectivity index (χ0v) is 14.1. The predicted octanol–water partition coefficient (Wildman–Crippen LogP) is 1.81. The Kier molecular flexibility index (Phi) is 7.11. The highest BCUT2D eigenvalue weighted by Gasteiger charge is 2.24. The van der Waals surface area contributed by atoms with Crippen molar-refractivity contribution in [1.29, 1.82) is 0 Å². The molecule has 0 aliphatic heterocycles. The minimum absolute atomic E-state index is 0.174. The average Bonchev–Trinajstić information content (AvgIpc) is 2.84. The average molecular weight is 320 g/mol. The number of hydrogen-bond donors (Lipinski definition) is 2. The van der Waals surface area contributed by atoms with Gasteiger partial charge >= 0.3 is 0 Å². The van der Waals surface area contributed by atoms with Crippen LogP contribution in [0.2, 0.25) is 0 Å². The van der Waals surface area contributed by atoms with Crippen LogP contribution in [0.1, 0.15) is 25.6 Å². The van der Waals surface area contributed by atoms with Gasteiger partial charge in [0.2, 0.25) is 10.0 Å². The summed E-state index contributed by atoms with van der Waals surface area (Å²) in [5.74, 6) is 0.174. The van der Waals surface area contributed by atoms with Crippen LogP contribution in [-0.4, -0.2) is 34.7 Å². The maximum absolute atomic E-state index is 12.4. The summed E-state index contributed by atoms with van der Waals surface area (Å²) >= 11 is 1.29. The van der Waals surface area contributed by atoms with E-state index in [2.05, 4.69) is 10.0 Å². The molecule has 0 aliphatic carbocycles. The second kappa shape index (κ2) is 8.09. The van der Waals surface area contributed by atoms with Gasteiger partial charge in [0.05, 0.1) is 6.61 Å². The largest absolute Gasteiger partial charge is 0.380 e. The summed E-state index contributed by atoms with van der Waals surface area (Å²) in [6, 6.07) is 3.27. The zero-order chi connectivity index (χ0) is 15.2. The van der Waals surface area contributed by atoms with Crippen molar-refractivity contribution in [1.82, 2.24) is 10.0 Å². The fourth-order valence-corrected chi connectivity index (χ4v) is 4.39. The monoisotopic (exact) mass is 320 g/mol. The van der Waals surface area contributed by atoms with Gasteiger partial charge < -0.3 is 10.1 Å². The highest BCUT2D eigenvalue weighted by atomic mass is 32.2. The highest BCUT2D eigenvalue weighted by Crippen LogP contribution is 2.22. The van der Waals surface area contributed by atoms with Crippen LogP contribution in [0.3, 0.4) is 0 Å². The summed E-state index contributed by atoms with van der Waals surface area (Å²) in [6.45, 7) is 7.50. The quantitative estimate of drug-likeness (QED) is 0.728. The molecule has 0 aliphatic rings. The van der Waals surface area contributed by atoms with E-state index >= 15 is 0 Å². The lowest BCUT2D eigenvalue weighted by atomic mass is 10.1. The second-order valence-corrected chi connectivity index (χ2v) is 7.99. The van der Waals surface area contributed by atoms with Crippen molar-refractivity contribution in [3.05, 3.63) is 17.0 Å². The van der Waals surface area contributed by atoms with Gasteiger partial charge in [-0.15, -0.1) is 11.3 Å². The molecule has 1 rings (SSSR count). The summed E-state index contributed by atoms with van der Waals surface area (Å²) in [5, 5.41) is 3.01. The van der Waals surface area contributed by atoms with Gasteiger partial charge in [-0.1, -0.05) is 13.8 Å². The normalized spacial score (nSPS) is 13.8. The van der Waals surface area contributed by atoms with Crippen LogP contribution >= 0.6 is 11.3 Å². The lowest BCUT2D eigenvalue weighted by Gasteiger charge is -2.21. The highest BCUT2D eigenvalue weighted by molar-refractivity contribution is 7.91. The van der Waals surface area contributed by atoms with E-state index in [0.29, 0.717) is 24.0 Å². The predicted molar refractivity (Wildman–Crippen MR) is 82.5 cm³/mol. The molecule has 1 heterocycles. The van der Waals surface area contributed by atoms with E-state index in [1.54, 1.807) is 6.07 Å². The van der Waals surface area contributed by atoms with Crippen LogP contribution in [0.5, 0.6) is 0 Å². The van der Waals surface area contributed by atoms with Crippen LogP contribution in [0.15, 0.2) is 16.3 Å². The van der Waals surface area contributed by atoms with E-state index in [-0.39, 0.29) is 12.0 Å². The number of rotatable bonds is 9. The molecule has 1 atom stereocenters. The molecular weight excluding hydrogens is 296 g/mol. The minimum Gasteiger partial charge on any atom is -0.380 e. The van der Waals surface area contributed by atoms with Gasteiger partial charge in [-0.3, -0.25) is 0 Å². The van der Waals surface area contributed by atoms with E-state index in [1.165, 1.54) is 11.3 Å². The lowest BCUT2D eigenvalue weighted by molar-refractivity contribution is 0.116. The third-order valence-corrected chi connectivity index (χ3v) is 5.93. The fraction of sp³-hybridized carbons (Fsp3) is 0.692. The molecule has 0 bridgehead atoms. The van der Waals surface area contributed by atoms with Gasteiger partial charge in [0.15, 0.2) is 0 Å². The van der Waals surface area contributed by atoms with Gasteiger partial charge in [0, 0.05) is 24.1 Å². The molecule has 0 fully saturated rings. The Balaban J connectivity index is 2.80. The summed E-state index contributed by atoms with van der Waals surface area (Å²) in [6.07, 6.45) is 0. The SMILES string of the molecule is CCOCC(NS(=O)(=O)c1ccc(CNC)s1)C(C)C. The number of sulfonamides is 1. The molecule has 0 spiro atoms. The van der Waals surface area contributed by atoms with E-state index < -0.39 is 10.0 Å². The maximum atomic E-state index is 12.4. The van der Waals surface area contributed by atoms with Gasteiger partial charge in [0.1, 0.15) is 4.21 Å². The standard InChI is InChI=1S/C13H24N2O3S2/c1-5-18-9-12(10(2)3)15-20(16,17)13-7-6-11(19-13)8-14-4/h6-7,10,12,14-15H,5,8-9H2,1-4H3. The zero-order valence-electron chi connectivity index (χ0n) is 12.5. The van der Waals surface area contributed by atoms with E-state index in [4.69, 9.17) is 4.74 Å². The van der Waals surface area contributed by atoms with Crippen LogP contribution in [0, 0.1) is 5.92 Å². The third-order valence-electron chi connectivity index (χ3n) is 2.87. The van der Waals surface area contributed by atoms with Crippen molar-refractivity contribution in [2.75, 3.05) is 20.3 Å². The third kappa shape index (κ3) is 5.14. The molecule has 2 N–H and O–H groups in total. The van der Waals surface area contributed by atoms with Gasteiger partial charge in [-0.25, -0.2) is 13.1 Å². The summed E-state index contributed by atoms with van der Waals surface area (Å²) in [4.78, 5) is 0.999. The Labute approximate surface area is 125 Å². The van der Waals surface area contributed by atoms with Crippen LogP contribution in [0.25, 0.3) is 0 Å². The van der Waals surface area contributed by atoms with Crippen molar-refractivity contribution >= 4 is 21.4 Å². The first-order valence-electron chi connectivity index (χ1n) is 6.74. The van der Waals surface area contributed by atoms with Crippen molar-refractivity contribution in [3.8, 4) is 0 Å². The van der Waals surface area contributed by atoms with Gasteiger partial charge in [0.25, 0.3) is 0 Å². The second-order valence-electron chi connectivity index (χ2n) is 4.88. The van der Waals surface area contributed by atoms with Gasteiger partial charge in [-0.2, -0.15) is 0 Å². The fourth-order valence-electron chi connectivity index (χ4n) is 1.64. The number of ether oxygens (including phenoxy) is 1. The first-order valence-corrected chi connectivity index (χ1v) is 9.04. The topological polar surface area (TPSA) is 67.4 Å². The van der Waals surface area contributed by atoms with E-state index in [1.807, 2.05) is 33.9 Å². The molecule has 0 aromatic carbocycles. The molecule has 1 aromatic heterocycles. The Bertz CT molecular complexity index is 497. The molecule has 1 aromatic rings. The van der Waals surface area contributed by atoms with Crippen LogP contribution in [0.4, 0.5) is 0 Å². The molecule has 0 saturated carbocycles. The molecule has 5 nitrogen and oxygen atoms in total. The van der Waals surface area contributed by atoms with Crippen molar-refractivity contribution < 1.29 is 13.2 Å². The molecule has 20 heavy (non-hydrogen) atoms. The molecular formula is C13H24N2O3S2. The van der Waals surface area contributed by atoms with E-state index in [0.717, 1.165) is 4.88 Å². The van der Waals surface area contributed by atoms with Crippen molar-refractivity contribution in [3.63, 3.8) is 0 Å². The van der Waals surface area contributed by atoms with Crippen molar-refractivity contribution in [2.24, 2.45) is 5.92 Å². The molecule has 0 amide bonds. The summed E-state index contributed by atoms with van der Waals surface area (Å²) in [7, 11) is -1.64. The Morgan fingerprint density at radius 1 is 1.35 bits per heavy atom. The minimum atomic E-state index is -3.47. The van der Waals surface area contributed by atoms with Crippen molar-refractivity contribution in [2.45, 2.75) is 37.6 Å². The summed E-state index contributed by atoms with van der Waals surface area (Å²) in [5.41, 5.74) is 0. The first-order chi connectivity index (χ1) is 9.40. The molecule has 0 saturated heterocycles. The van der Waals surface area contributed by atoms with E-state index in [9.17, 15) is 8.42 Å². The molecule has 0 radical (unpaired) electrons. The molecule has 116 valence electrons. The maximum Gasteiger partial charge on any atom is 0.250 e. The Morgan fingerprint density at radius 2 is 2.05 bits per heavy atom. The van der Waals surface area contributed by atoms with Crippen LogP contribution < -0.4 is 10.0 Å². The number of hydrogen-bond acceptors (Lipinski definition) is 5. The molecule has 7 heteroatoms. The summed E-state index contributed by atoms with van der Waals surface area (Å²) < 4.78 is 33.1.